The Morgan fingerprint density at radius 1 is 1.41 bits per heavy atom. The Labute approximate surface area is 133 Å². The van der Waals surface area contributed by atoms with Crippen LogP contribution in [0.15, 0.2) is 18.2 Å². The van der Waals surface area contributed by atoms with E-state index in [-0.39, 0.29) is 12.0 Å². The van der Waals surface area contributed by atoms with Crippen LogP contribution >= 0.6 is 0 Å². The minimum atomic E-state index is 0.0150. The van der Waals surface area contributed by atoms with Crippen LogP contribution in [0.5, 0.6) is 0 Å². The fourth-order valence-corrected chi connectivity index (χ4v) is 2.75. The Balaban J connectivity index is 1.78. The lowest BCUT2D eigenvalue weighted by Gasteiger charge is -2.32. The molecule has 1 aromatic rings. The predicted octanol–water partition coefficient (Wildman–Crippen LogP) is 0.953. The van der Waals surface area contributed by atoms with E-state index >= 15 is 0 Å². The summed E-state index contributed by atoms with van der Waals surface area (Å²) in [6.07, 6.45) is 0.244. The van der Waals surface area contributed by atoms with Crippen LogP contribution in [0.1, 0.15) is 21.5 Å². The summed E-state index contributed by atoms with van der Waals surface area (Å²) < 4.78 is 5.68. The summed E-state index contributed by atoms with van der Waals surface area (Å²) in [6.45, 7) is 9.03. The topological polar surface area (TPSA) is 53.6 Å². The second-order valence-electron chi connectivity index (χ2n) is 5.85. The van der Waals surface area contributed by atoms with E-state index in [2.05, 4.69) is 15.5 Å². The molecule has 1 amide bonds. The van der Waals surface area contributed by atoms with Crippen molar-refractivity contribution in [3.8, 4) is 0 Å². The summed E-state index contributed by atoms with van der Waals surface area (Å²) in [6, 6.07) is 5.85. The van der Waals surface area contributed by atoms with Gasteiger partial charge >= 0.3 is 0 Å². The molecule has 1 aliphatic heterocycles. The van der Waals surface area contributed by atoms with E-state index in [1.165, 1.54) is 0 Å². The molecule has 1 saturated heterocycles. The summed E-state index contributed by atoms with van der Waals surface area (Å²) in [4.78, 5) is 14.6. The average molecular weight is 305 g/mol. The molecule has 0 aromatic heterocycles. The van der Waals surface area contributed by atoms with Crippen molar-refractivity contribution in [2.24, 2.45) is 0 Å². The zero-order valence-corrected chi connectivity index (χ0v) is 13.8. The van der Waals surface area contributed by atoms with E-state index in [1.807, 2.05) is 39.1 Å². The van der Waals surface area contributed by atoms with E-state index in [0.717, 1.165) is 49.5 Å². The monoisotopic (exact) mass is 305 g/mol. The highest BCUT2D eigenvalue weighted by Crippen LogP contribution is 2.12. The summed E-state index contributed by atoms with van der Waals surface area (Å²) in [5.41, 5.74) is 2.98. The van der Waals surface area contributed by atoms with Crippen LogP contribution in [0.4, 0.5) is 0 Å². The van der Waals surface area contributed by atoms with E-state index in [1.54, 1.807) is 0 Å². The first-order valence-electron chi connectivity index (χ1n) is 7.94. The summed E-state index contributed by atoms with van der Waals surface area (Å²) >= 11 is 0. The molecule has 0 radical (unpaired) electrons. The van der Waals surface area contributed by atoms with Gasteiger partial charge in [0.05, 0.1) is 12.7 Å². The molecule has 1 fully saturated rings. The molecule has 22 heavy (non-hydrogen) atoms. The number of ether oxygens (including phenoxy) is 1. The lowest BCUT2D eigenvalue weighted by Crippen LogP contribution is -2.48. The Morgan fingerprint density at radius 3 is 3.00 bits per heavy atom. The number of rotatable bonds is 6. The van der Waals surface area contributed by atoms with Gasteiger partial charge in [0.15, 0.2) is 0 Å². The summed E-state index contributed by atoms with van der Waals surface area (Å²) in [7, 11) is 1.94. The van der Waals surface area contributed by atoms with Crippen LogP contribution in [-0.4, -0.2) is 63.3 Å². The zero-order chi connectivity index (χ0) is 15.9. The number of amides is 1. The summed E-state index contributed by atoms with van der Waals surface area (Å²) in [5, 5.41) is 6.17. The second-order valence-corrected chi connectivity index (χ2v) is 5.85. The van der Waals surface area contributed by atoms with Gasteiger partial charge in [-0.25, -0.2) is 0 Å². The molecule has 1 unspecified atom stereocenters. The van der Waals surface area contributed by atoms with E-state index < -0.39 is 0 Å². The highest BCUT2D eigenvalue weighted by atomic mass is 16.5. The van der Waals surface area contributed by atoms with Crippen molar-refractivity contribution < 1.29 is 9.53 Å². The Hall–Kier alpha value is -1.43. The lowest BCUT2D eigenvalue weighted by molar-refractivity contribution is -0.0255. The summed E-state index contributed by atoms with van der Waals surface area (Å²) in [5.74, 6) is 0.0150. The minimum Gasteiger partial charge on any atom is -0.374 e. The predicted molar refractivity (Wildman–Crippen MR) is 88.4 cm³/mol. The molecule has 2 rings (SSSR count). The Kier molecular flexibility index (Phi) is 6.36. The third-order valence-corrected chi connectivity index (χ3v) is 4.22. The van der Waals surface area contributed by atoms with Gasteiger partial charge in [0.25, 0.3) is 5.91 Å². The molecule has 122 valence electrons. The highest BCUT2D eigenvalue weighted by molar-refractivity contribution is 5.95. The quantitative estimate of drug-likeness (QED) is 0.822. The van der Waals surface area contributed by atoms with Gasteiger partial charge in [0, 0.05) is 38.3 Å². The van der Waals surface area contributed by atoms with Crippen LogP contribution in [0, 0.1) is 13.8 Å². The largest absolute Gasteiger partial charge is 0.374 e. The third kappa shape index (κ3) is 4.53. The number of carbonyl (C=O) groups excluding carboxylic acids is 1. The molecule has 0 bridgehead atoms. The number of nitrogens with one attached hydrogen (secondary N) is 2. The van der Waals surface area contributed by atoms with Crippen molar-refractivity contribution in [2.45, 2.75) is 20.0 Å². The smallest absolute Gasteiger partial charge is 0.251 e. The molecule has 0 saturated carbocycles. The fourth-order valence-electron chi connectivity index (χ4n) is 2.75. The van der Waals surface area contributed by atoms with Crippen LogP contribution in [0.3, 0.4) is 0 Å². The molecule has 1 aromatic carbocycles. The van der Waals surface area contributed by atoms with Gasteiger partial charge in [-0.05, 0) is 38.1 Å². The number of likely N-dealkylation sites (N-methyl/N-ethyl adjacent to an activating group) is 1. The van der Waals surface area contributed by atoms with Gasteiger partial charge in [-0.15, -0.1) is 0 Å². The molecule has 2 N–H and O–H groups in total. The van der Waals surface area contributed by atoms with Crippen LogP contribution in [0.25, 0.3) is 0 Å². The van der Waals surface area contributed by atoms with Crippen molar-refractivity contribution in [3.05, 3.63) is 34.9 Å². The van der Waals surface area contributed by atoms with Gasteiger partial charge in [-0.1, -0.05) is 12.1 Å². The first-order valence-corrected chi connectivity index (χ1v) is 7.94. The van der Waals surface area contributed by atoms with E-state index in [0.29, 0.717) is 6.54 Å². The molecular weight excluding hydrogens is 278 g/mol. The van der Waals surface area contributed by atoms with Gasteiger partial charge in [0.1, 0.15) is 0 Å². The molecule has 0 spiro atoms. The zero-order valence-electron chi connectivity index (χ0n) is 13.8. The molecule has 1 aliphatic rings. The number of carbonyl (C=O) groups is 1. The van der Waals surface area contributed by atoms with Crippen molar-refractivity contribution in [2.75, 3.05) is 46.4 Å². The van der Waals surface area contributed by atoms with Crippen LogP contribution < -0.4 is 10.6 Å². The molecule has 5 nitrogen and oxygen atoms in total. The Bertz CT molecular complexity index is 503. The van der Waals surface area contributed by atoms with Crippen molar-refractivity contribution in [3.63, 3.8) is 0 Å². The lowest BCUT2D eigenvalue weighted by atomic mass is 10.0. The van der Waals surface area contributed by atoms with Crippen molar-refractivity contribution in [1.82, 2.24) is 15.5 Å². The number of hydrogen-bond donors (Lipinski definition) is 2. The fraction of sp³-hybridized carbons (Fsp3) is 0.588. The van der Waals surface area contributed by atoms with Gasteiger partial charge in [0.2, 0.25) is 0 Å². The number of benzene rings is 1. The van der Waals surface area contributed by atoms with Gasteiger partial charge < -0.3 is 15.4 Å². The van der Waals surface area contributed by atoms with Crippen molar-refractivity contribution >= 4 is 5.91 Å². The normalized spacial score (nSPS) is 19.1. The van der Waals surface area contributed by atoms with Gasteiger partial charge in [-0.3, -0.25) is 9.69 Å². The maximum absolute atomic E-state index is 12.3. The molecule has 1 heterocycles. The number of nitrogens with zero attached hydrogens (tertiary/aromatic N) is 1. The maximum atomic E-state index is 12.3. The first-order chi connectivity index (χ1) is 10.6. The number of hydrogen-bond acceptors (Lipinski definition) is 4. The first kappa shape index (κ1) is 16.9. The second kappa shape index (κ2) is 8.27. The molecule has 0 aliphatic carbocycles. The average Bonchev–Trinajstić information content (AvgIpc) is 2.50. The third-order valence-electron chi connectivity index (χ3n) is 4.22. The molecule has 5 heteroatoms. The van der Waals surface area contributed by atoms with Gasteiger partial charge in [-0.2, -0.15) is 0 Å². The number of aryl methyl sites for hydroxylation is 1. The minimum absolute atomic E-state index is 0.0150. The van der Waals surface area contributed by atoms with Crippen molar-refractivity contribution in [1.29, 1.82) is 0 Å². The van der Waals surface area contributed by atoms with Crippen LogP contribution in [-0.2, 0) is 4.74 Å². The Morgan fingerprint density at radius 2 is 2.23 bits per heavy atom. The SMILES string of the molecule is CNCC1CN(CCNC(=O)c2cccc(C)c2C)CCO1. The maximum Gasteiger partial charge on any atom is 0.251 e. The standard InChI is InChI=1S/C17H27N3O2/c1-13-5-4-6-16(14(13)2)17(21)19-7-8-20-9-10-22-15(12-20)11-18-3/h4-6,15,18H,7-12H2,1-3H3,(H,19,21). The molecular formula is C17H27N3O2. The highest BCUT2D eigenvalue weighted by Gasteiger charge is 2.19. The van der Waals surface area contributed by atoms with E-state index in [4.69, 9.17) is 4.74 Å². The number of morpholine rings is 1. The van der Waals surface area contributed by atoms with Crippen LogP contribution in [0.2, 0.25) is 0 Å². The van der Waals surface area contributed by atoms with E-state index in [9.17, 15) is 4.79 Å². The molecule has 1 atom stereocenters.